The molecule has 122 valence electrons. The van der Waals surface area contributed by atoms with Gasteiger partial charge in [-0.25, -0.2) is 0 Å². The molecule has 1 aromatic carbocycles. The lowest BCUT2D eigenvalue weighted by molar-refractivity contribution is -0.133. The van der Waals surface area contributed by atoms with E-state index in [1.165, 1.54) is 0 Å². The molecular weight excluding hydrogens is 294 g/mol. The molecule has 6 nitrogen and oxygen atoms in total. The summed E-state index contributed by atoms with van der Waals surface area (Å²) < 4.78 is 13.0. The topological polar surface area (TPSA) is 56.6 Å². The van der Waals surface area contributed by atoms with Crippen LogP contribution in [0.3, 0.4) is 0 Å². The molecule has 0 spiro atoms. The lowest BCUT2D eigenvalue weighted by atomic mass is 10.3. The van der Waals surface area contributed by atoms with Crippen molar-refractivity contribution in [3.63, 3.8) is 0 Å². The van der Waals surface area contributed by atoms with Gasteiger partial charge in [0.15, 0.2) is 0 Å². The Labute approximate surface area is 135 Å². The fourth-order valence-corrected chi connectivity index (χ4v) is 2.69. The molecule has 1 atom stereocenters. The Morgan fingerprint density at radius 1 is 1.26 bits per heavy atom. The second-order valence-electron chi connectivity index (χ2n) is 5.55. The quantitative estimate of drug-likeness (QED) is 0.843. The molecule has 23 heavy (non-hydrogen) atoms. The van der Waals surface area contributed by atoms with Crippen molar-refractivity contribution < 1.29 is 14.3 Å². The molecule has 0 N–H and O–H groups in total. The van der Waals surface area contributed by atoms with Crippen molar-refractivity contribution in [1.29, 1.82) is 0 Å². The maximum atomic E-state index is 12.5. The predicted molar refractivity (Wildman–Crippen MR) is 85.0 cm³/mol. The fraction of sp³-hybridized carbons (Fsp3) is 0.412. The maximum absolute atomic E-state index is 12.5. The van der Waals surface area contributed by atoms with Gasteiger partial charge in [-0.1, -0.05) is 18.2 Å². The van der Waals surface area contributed by atoms with E-state index in [9.17, 15) is 4.79 Å². The molecular formula is C17H21N3O3. The van der Waals surface area contributed by atoms with Gasteiger partial charge < -0.3 is 14.4 Å². The fourth-order valence-electron chi connectivity index (χ4n) is 2.69. The van der Waals surface area contributed by atoms with E-state index in [1.807, 2.05) is 46.0 Å². The summed E-state index contributed by atoms with van der Waals surface area (Å²) in [5.74, 6) is 0.849. The summed E-state index contributed by atoms with van der Waals surface area (Å²) >= 11 is 0. The third kappa shape index (κ3) is 3.90. The second kappa shape index (κ2) is 7.28. The summed E-state index contributed by atoms with van der Waals surface area (Å²) in [6, 6.07) is 11.5. The van der Waals surface area contributed by atoms with Crippen molar-refractivity contribution in [2.75, 3.05) is 20.3 Å². The number of methoxy groups -OCH3 is 1. The summed E-state index contributed by atoms with van der Waals surface area (Å²) in [6.45, 7) is 2.17. The number of benzene rings is 1. The van der Waals surface area contributed by atoms with Crippen LogP contribution in [0.4, 0.5) is 0 Å². The molecule has 2 aromatic rings. The molecule has 1 aliphatic heterocycles. The van der Waals surface area contributed by atoms with Gasteiger partial charge in [0, 0.05) is 19.9 Å². The zero-order chi connectivity index (χ0) is 16.1. The molecule has 0 aliphatic carbocycles. The molecule has 0 fully saturated rings. The van der Waals surface area contributed by atoms with Crippen molar-refractivity contribution in [1.82, 2.24) is 14.7 Å². The number of fused-ring (bicyclic) bond motifs is 1. The zero-order valence-corrected chi connectivity index (χ0v) is 13.2. The highest BCUT2D eigenvalue weighted by molar-refractivity contribution is 5.76. The molecule has 6 heteroatoms. The number of rotatable bonds is 5. The molecule has 0 bridgehead atoms. The normalized spacial score (nSPS) is 17.4. The summed E-state index contributed by atoms with van der Waals surface area (Å²) in [5, 5.41) is 4.28. The van der Waals surface area contributed by atoms with Crippen LogP contribution in [0.1, 0.15) is 12.1 Å². The first-order valence-electron chi connectivity index (χ1n) is 7.75. The van der Waals surface area contributed by atoms with Gasteiger partial charge in [0.2, 0.25) is 5.91 Å². The van der Waals surface area contributed by atoms with Crippen molar-refractivity contribution in [3.05, 3.63) is 48.3 Å². The van der Waals surface area contributed by atoms with Crippen molar-refractivity contribution in [2.45, 2.75) is 25.6 Å². The van der Waals surface area contributed by atoms with Crippen LogP contribution < -0.4 is 4.74 Å². The number of carbonyl (C=O) groups is 1. The Morgan fingerprint density at radius 2 is 2.09 bits per heavy atom. The largest absolute Gasteiger partial charge is 0.493 e. The first kappa shape index (κ1) is 15.6. The maximum Gasteiger partial charge on any atom is 0.226 e. The van der Waals surface area contributed by atoms with E-state index in [-0.39, 0.29) is 12.0 Å². The van der Waals surface area contributed by atoms with Gasteiger partial charge in [-0.2, -0.15) is 5.10 Å². The van der Waals surface area contributed by atoms with Gasteiger partial charge in [-0.3, -0.25) is 9.48 Å². The van der Waals surface area contributed by atoms with E-state index < -0.39 is 0 Å². The lowest BCUT2D eigenvalue weighted by Crippen LogP contribution is -2.37. The van der Waals surface area contributed by atoms with Crippen LogP contribution in [0, 0.1) is 0 Å². The van der Waals surface area contributed by atoms with Gasteiger partial charge >= 0.3 is 0 Å². The molecule has 1 aliphatic rings. The van der Waals surface area contributed by atoms with E-state index in [1.54, 1.807) is 13.3 Å². The third-order valence-electron chi connectivity index (χ3n) is 3.97. The minimum Gasteiger partial charge on any atom is -0.493 e. The van der Waals surface area contributed by atoms with Crippen LogP contribution in [0.15, 0.2) is 42.6 Å². The average Bonchev–Trinajstić information content (AvgIpc) is 2.93. The summed E-state index contributed by atoms with van der Waals surface area (Å²) in [5.41, 5.74) is 1.03. The highest BCUT2D eigenvalue weighted by Crippen LogP contribution is 2.15. The number of ether oxygens (including phenoxy) is 2. The van der Waals surface area contributed by atoms with E-state index >= 15 is 0 Å². The van der Waals surface area contributed by atoms with E-state index in [4.69, 9.17) is 9.47 Å². The Kier molecular flexibility index (Phi) is 4.92. The minimum absolute atomic E-state index is 0.0462. The van der Waals surface area contributed by atoms with Crippen LogP contribution in [0.2, 0.25) is 0 Å². The molecule has 3 rings (SSSR count). The minimum atomic E-state index is -0.0462. The van der Waals surface area contributed by atoms with E-state index in [0.29, 0.717) is 32.7 Å². The average molecular weight is 315 g/mol. The van der Waals surface area contributed by atoms with Crippen LogP contribution >= 0.6 is 0 Å². The van der Waals surface area contributed by atoms with Gasteiger partial charge in [-0.15, -0.1) is 0 Å². The molecule has 0 saturated carbocycles. The van der Waals surface area contributed by atoms with Crippen LogP contribution in [-0.4, -0.2) is 47.0 Å². The number of para-hydroxylation sites is 1. The number of aromatic nitrogens is 2. The Hall–Kier alpha value is -2.34. The van der Waals surface area contributed by atoms with Crippen molar-refractivity contribution in [3.8, 4) is 5.75 Å². The van der Waals surface area contributed by atoms with Crippen LogP contribution in [0.5, 0.6) is 5.75 Å². The van der Waals surface area contributed by atoms with Gasteiger partial charge in [-0.05, 0) is 18.2 Å². The summed E-state index contributed by atoms with van der Waals surface area (Å²) in [4.78, 5) is 14.3. The molecule has 1 aromatic heterocycles. The number of nitrogens with zero attached hydrogens (tertiary/aromatic N) is 3. The van der Waals surface area contributed by atoms with Gasteiger partial charge in [0.1, 0.15) is 5.75 Å². The monoisotopic (exact) mass is 315 g/mol. The SMILES string of the molecule is CO[C@H]1CN(C(=O)CCOc2ccccc2)Cc2ccnn2C1. The predicted octanol–water partition coefficient (Wildman–Crippen LogP) is 1.71. The second-order valence-corrected chi connectivity index (χ2v) is 5.55. The standard InChI is InChI=1S/C17H21N3O3/c1-22-16-12-19(11-14-7-9-18-20(14)13-16)17(21)8-10-23-15-5-3-2-4-6-15/h2-7,9,16H,8,10-13H2,1H3/t16-/m0/s1. The zero-order valence-electron chi connectivity index (χ0n) is 13.2. The summed E-state index contributed by atoms with van der Waals surface area (Å²) in [7, 11) is 1.67. The number of carbonyl (C=O) groups excluding carboxylic acids is 1. The molecule has 0 radical (unpaired) electrons. The van der Waals surface area contributed by atoms with Gasteiger partial charge in [0.25, 0.3) is 0 Å². The first-order valence-corrected chi connectivity index (χ1v) is 7.75. The van der Waals surface area contributed by atoms with Crippen LogP contribution in [0.25, 0.3) is 0 Å². The van der Waals surface area contributed by atoms with Crippen LogP contribution in [-0.2, 0) is 22.6 Å². The molecule has 0 saturated heterocycles. The number of hydrogen-bond acceptors (Lipinski definition) is 4. The molecule has 0 unspecified atom stereocenters. The van der Waals surface area contributed by atoms with E-state index in [2.05, 4.69) is 5.10 Å². The third-order valence-corrected chi connectivity index (χ3v) is 3.97. The molecule has 1 amide bonds. The highest BCUT2D eigenvalue weighted by atomic mass is 16.5. The van der Waals surface area contributed by atoms with Crippen molar-refractivity contribution >= 4 is 5.91 Å². The summed E-state index contributed by atoms with van der Waals surface area (Å²) in [6.07, 6.45) is 2.06. The lowest BCUT2D eigenvalue weighted by Gasteiger charge is -2.23. The van der Waals surface area contributed by atoms with E-state index in [0.717, 1.165) is 11.4 Å². The highest BCUT2D eigenvalue weighted by Gasteiger charge is 2.25. The van der Waals surface area contributed by atoms with Crippen molar-refractivity contribution in [2.24, 2.45) is 0 Å². The first-order chi connectivity index (χ1) is 11.3. The Bertz CT molecular complexity index is 642. The Balaban J connectivity index is 1.58. The Morgan fingerprint density at radius 3 is 2.87 bits per heavy atom. The smallest absolute Gasteiger partial charge is 0.226 e. The van der Waals surface area contributed by atoms with Gasteiger partial charge in [0.05, 0.1) is 37.9 Å². The number of hydrogen-bond donors (Lipinski definition) is 0. The number of amides is 1. The molecule has 2 heterocycles.